The van der Waals surface area contributed by atoms with Crippen molar-refractivity contribution in [2.75, 3.05) is 7.11 Å². The largest absolute Gasteiger partial charge is 0.497 e. The fourth-order valence-corrected chi connectivity index (χ4v) is 0.835. The second-order valence-electron chi connectivity index (χ2n) is 1.66. The lowest BCUT2D eigenvalue weighted by Gasteiger charge is -1.96. The van der Waals surface area contributed by atoms with E-state index in [0.717, 1.165) is 10.2 Å². The molecule has 0 fully saturated rings. The van der Waals surface area contributed by atoms with Gasteiger partial charge in [0.1, 0.15) is 5.75 Å². The van der Waals surface area contributed by atoms with Crippen LogP contribution in [0.5, 0.6) is 5.75 Å². The molecule has 1 aromatic carbocycles. The lowest BCUT2D eigenvalue weighted by atomic mass is 11.3. The summed E-state index contributed by atoms with van der Waals surface area (Å²) in [6.45, 7) is 0. The first-order valence-corrected chi connectivity index (χ1v) is 3.42. The molecule has 48 valence electrons. The molecule has 0 spiro atoms. The molecule has 0 unspecified atom stereocenters. The Morgan fingerprint density at radius 1 is 1.22 bits per heavy atom. The van der Waals surface area contributed by atoms with Gasteiger partial charge in [0.15, 0.2) is 0 Å². The van der Waals surface area contributed by atoms with Crippen LogP contribution in [0.1, 0.15) is 0 Å². The predicted octanol–water partition coefficient (Wildman–Crippen LogP) is 2.46. The third-order valence-electron chi connectivity index (χ3n) is 1.05. The molecule has 0 amide bonds. The second-order valence-corrected chi connectivity index (χ2v) is 2.57. The van der Waals surface area contributed by atoms with Gasteiger partial charge in [0, 0.05) is 4.47 Å². The third kappa shape index (κ3) is 1.72. The van der Waals surface area contributed by atoms with Gasteiger partial charge in [0.25, 0.3) is 0 Å². The number of halogens is 1. The number of hydrogen-bond acceptors (Lipinski definition) is 1. The van der Waals surface area contributed by atoms with E-state index >= 15 is 0 Å². The zero-order valence-corrected chi connectivity index (χ0v) is 6.68. The van der Waals surface area contributed by atoms with Gasteiger partial charge < -0.3 is 4.74 Å². The van der Waals surface area contributed by atoms with Gasteiger partial charge in [-0.2, -0.15) is 0 Å². The van der Waals surface area contributed by atoms with Crippen LogP contribution in [0.4, 0.5) is 0 Å². The number of ether oxygens (including phenoxy) is 1. The van der Waals surface area contributed by atoms with Crippen LogP contribution in [0, 0.1) is 0 Å². The Kier molecular flexibility index (Phi) is 2.11. The van der Waals surface area contributed by atoms with Crippen molar-refractivity contribution in [3.8, 4) is 5.75 Å². The van der Waals surface area contributed by atoms with Crippen LogP contribution in [-0.4, -0.2) is 7.11 Å². The van der Waals surface area contributed by atoms with Crippen molar-refractivity contribution in [3.05, 3.63) is 28.7 Å². The zero-order valence-electron chi connectivity index (χ0n) is 5.10. The summed E-state index contributed by atoms with van der Waals surface area (Å²) in [6.07, 6.45) is 0. The van der Waals surface area contributed by atoms with E-state index in [1.807, 2.05) is 24.3 Å². The summed E-state index contributed by atoms with van der Waals surface area (Å²) >= 11 is 3.32. The van der Waals surface area contributed by atoms with Crippen LogP contribution in [0.25, 0.3) is 0 Å². The smallest absolute Gasteiger partial charge is 0.118 e. The second kappa shape index (κ2) is 2.87. The molecule has 0 aliphatic rings. The zero-order chi connectivity index (χ0) is 6.69. The summed E-state index contributed by atoms with van der Waals surface area (Å²) in [6, 6.07) is 7.70. The van der Waals surface area contributed by atoms with Gasteiger partial charge >= 0.3 is 0 Å². The van der Waals surface area contributed by atoms with Crippen LogP contribution in [-0.2, 0) is 0 Å². The van der Waals surface area contributed by atoms with Crippen LogP contribution < -0.4 is 4.74 Å². The number of rotatable bonds is 1. The van der Waals surface area contributed by atoms with E-state index in [4.69, 9.17) is 4.74 Å². The van der Waals surface area contributed by atoms with Gasteiger partial charge in [-0.25, -0.2) is 0 Å². The monoisotopic (exact) mass is 192 g/mol. The van der Waals surface area contributed by atoms with E-state index in [1.54, 1.807) is 7.11 Å². The SMILES string of the molecule is CO[13c]1[13cH][13cH][13c](Br)[13cH][13cH]1. The maximum atomic E-state index is 4.95. The normalized spacial score (nSPS) is 9.11. The van der Waals surface area contributed by atoms with Crippen LogP contribution in [0.15, 0.2) is 28.7 Å². The molecule has 0 aliphatic heterocycles. The highest BCUT2D eigenvalue weighted by Crippen LogP contribution is 2.14. The molecule has 1 nitrogen and oxygen atoms in total. The molecule has 0 saturated carbocycles. The van der Waals surface area contributed by atoms with Crippen LogP contribution >= 0.6 is 15.9 Å². The highest BCUT2D eigenvalue weighted by Gasteiger charge is 1.86. The van der Waals surface area contributed by atoms with Crippen LogP contribution in [0.2, 0.25) is 0 Å². The molecule has 0 N–H and O–H groups in total. The summed E-state index contributed by atoms with van der Waals surface area (Å²) < 4.78 is 6.02. The molecule has 0 bridgehead atoms. The summed E-state index contributed by atoms with van der Waals surface area (Å²) in [5, 5.41) is 0. The molecule has 0 aromatic heterocycles. The summed E-state index contributed by atoms with van der Waals surface area (Å²) in [4.78, 5) is 0. The Bertz CT molecular complexity index is 181. The lowest BCUT2D eigenvalue weighted by molar-refractivity contribution is 0.414. The van der Waals surface area contributed by atoms with Gasteiger partial charge in [-0.3, -0.25) is 0 Å². The Morgan fingerprint density at radius 3 is 2.22 bits per heavy atom. The van der Waals surface area contributed by atoms with Gasteiger partial charge in [-0.15, -0.1) is 0 Å². The molecule has 0 atom stereocenters. The molecule has 2 heteroatoms. The van der Waals surface area contributed by atoms with Gasteiger partial charge in [0.05, 0.1) is 7.11 Å². The maximum absolute atomic E-state index is 4.95. The Morgan fingerprint density at radius 2 is 1.78 bits per heavy atom. The molecular formula is C7H7BrO. The van der Waals surface area contributed by atoms with Gasteiger partial charge in [0.2, 0.25) is 0 Å². The fraction of sp³-hybridized carbons (Fsp3) is 0.143. The summed E-state index contributed by atoms with van der Waals surface area (Å²) in [5.74, 6) is 0.887. The van der Waals surface area contributed by atoms with E-state index in [-0.39, 0.29) is 0 Å². The lowest BCUT2D eigenvalue weighted by Crippen LogP contribution is -1.79. The average molecular weight is 193 g/mol. The first kappa shape index (κ1) is 6.62. The number of hydrogen-bond donors (Lipinski definition) is 0. The molecule has 0 heterocycles. The predicted molar refractivity (Wildman–Crippen MR) is 40.7 cm³/mol. The molecule has 1 aromatic rings. The number of methoxy groups -OCH3 is 1. The van der Waals surface area contributed by atoms with Gasteiger partial charge in [-0.05, 0) is 24.3 Å². The van der Waals surface area contributed by atoms with E-state index < -0.39 is 0 Å². The molecule has 0 radical (unpaired) electrons. The van der Waals surface area contributed by atoms with Crippen molar-refractivity contribution in [2.45, 2.75) is 0 Å². The topological polar surface area (TPSA) is 9.23 Å². The van der Waals surface area contributed by atoms with Crippen molar-refractivity contribution in [1.82, 2.24) is 0 Å². The molecule has 1 rings (SSSR count). The highest BCUT2D eigenvalue weighted by molar-refractivity contribution is 9.10. The maximum Gasteiger partial charge on any atom is 0.118 e. The quantitative estimate of drug-likeness (QED) is 0.665. The number of benzene rings is 1. The Labute approximate surface area is 62.8 Å². The minimum absolute atomic E-state index is 0.887. The van der Waals surface area contributed by atoms with E-state index in [2.05, 4.69) is 15.9 Å². The molecular weight excluding hydrogens is 186 g/mol. The first-order chi connectivity index (χ1) is 4.33. The van der Waals surface area contributed by atoms with E-state index in [1.165, 1.54) is 0 Å². The van der Waals surface area contributed by atoms with E-state index in [9.17, 15) is 0 Å². The van der Waals surface area contributed by atoms with Crippen molar-refractivity contribution in [1.29, 1.82) is 0 Å². The Balaban J connectivity index is 2.88. The van der Waals surface area contributed by atoms with Crippen molar-refractivity contribution >= 4 is 15.9 Å². The van der Waals surface area contributed by atoms with E-state index in [0.29, 0.717) is 0 Å². The Hall–Kier alpha value is -0.500. The first-order valence-electron chi connectivity index (χ1n) is 2.62. The molecule has 0 saturated heterocycles. The fourth-order valence-electron chi connectivity index (χ4n) is 0.571. The third-order valence-corrected chi connectivity index (χ3v) is 1.58. The molecule has 0 aliphatic carbocycles. The average Bonchev–Trinajstić information content (AvgIpc) is 1.90. The minimum atomic E-state index is 0.887. The highest BCUT2D eigenvalue weighted by atomic mass is 79.9. The summed E-state index contributed by atoms with van der Waals surface area (Å²) in [5.41, 5.74) is 0. The van der Waals surface area contributed by atoms with Gasteiger partial charge in [-0.1, -0.05) is 15.9 Å². The van der Waals surface area contributed by atoms with Crippen LogP contribution in [0.3, 0.4) is 0 Å². The minimum Gasteiger partial charge on any atom is -0.497 e. The summed E-state index contributed by atoms with van der Waals surface area (Å²) in [7, 11) is 1.66. The molecule has 9 heavy (non-hydrogen) atoms. The standard InChI is InChI=1S/C7H7BrO/c1-9-7-4-2-6(8)3-5-7/h2-5H,1H3/i2+1,3+1,4+1,5+1,6+1,7+1. The van der Waals surface area contributed by atoms with Crippen molar-refractivity contribution in [3.63, 3.8) is 0 Å². The van der Waals surface area contributed by atoms with Crippen molar-refractivity contribution < 1.29 is 4.74 Å². The van der Waals surface area contributed by atoms with Crippen molar-refractivity contribution in [2.24, 2.45) is 0 Å².